The number of ether oxygens (including phenoxy) is 2. The quantitative estimate of drug-likeness (QED) is 0.374. The fourth-order valence-corrected chi connectivity index (χ4v) is 2.85. The van der Waals surface area contributed by atoms with E-state index in [9.17, 15) is 0 Å². The summed E-state index contributed by atoms with van der Waals surface area (Å²) in [5, 5.41) is 10.8. The number of rotatable bonds is 6. The lowest BCUT2D eigenvalue weighted by Gasteiger charge is -2.18. The third kappa shape index (κ3) is 6.10. The number of aryl methyl sites for hydroxylation is 2. The molecule has 148 valence electrons. The maximum atomic E-state index is 6.15. The van der Waals surface area contributed by atoms with Crippen molar-refractivity contribution in [2.75, 3.05) is 20.3 Å². The monoisotopic (exact) mass is 485 g/mol. The minimum atomic E-state index is 0. The van der Waals surface area contributed by atoms with Gasteiger partial charge >= 0.3 is 0 Å². The first-order valence-electron chi connectivity index (χ1n) is 8.91. The highest BCUT2D eigenvalue weighted by Gasteiger charge is 2.18. The largest absolute Gasteiger partial charge is 0.488 e. The Kier molecular flexibility index (Phi) is 8.36. The Labute approximate surface area is 177 Å². The molecule has 1 aliphatic rings. The van der Waals surface area contributed by atoms with Crippen molar-refractivity contribution >= 4 is 29.9 Å². The number of nitrogens with zero attached hydrogens (tertiary/aromatic N) is 3. The summed E-state index contributed by atoms with van der Waals surface area (Å²) < 4.78 is 13.4. The number of benzene rings is 1. The van der Waals surface area contributed by atoms with Crippen LogP contribution < -0.4 is 15.4 Å². The van der Waals surface area contributed by atoms with Crippen molar-refractivity contribution in [1.82, 2.24) is 20.4 Å². The van der Waals surface area contributed by atoms with Gasteiger partial charge in [0.2, 0.25) is 0 Å². The molecular weight excluding hydrogens is 457 g/mol. The van der Waals surface area contributed by atoms with E-state index in [4.69, 9.17) is 9.47 Å². The van der Waals surface area contributed by atoms with Crippen LogP contribution >= 0.6 is 24.0 Å². The first-order chi connectivity index (χ1) is 12.7. The molecule has 0 bridgehead atoms. The van der Waals surface area contributed by atoms with Crippen molar-refractivity contribution in [3.63, 3.8) is 0 Å². The fourth-order valence-electron chi connectivity index (χ4n) is 2.85. The molecule has 2 N–H and O–H groups in total. The second kappa shape index (κ2) is 10.5. The maximum Gasteiger partial charge on any atom is 0.191 e. The summed E-state index contributed by atoms with van der Waals surface area (Å²) >= 11 is 0. The van der Waals surface area contributed by atoms with Crippen LogP contribution in [0.25, 0.3) is 0 Å². The SMILES string of the molecule is CN=C(NCc1ccc(C)cc1OC1CCOC1)NCc1ccnn1C.I. The zero-order chi connectivity index (χ0) is 18.4. The minimum absolute atomic E-state index is 0. The predicted octanol–water partition coefficient (Wildman–Crippen LogP) is 2.38. The van der Waals surface area contributed by atoms with Crippen molar-refractivity contribution < 1.29 is 9.47 Å². The van der Waals surface area contributed by atoms with Gasteiger partial charge in [-0.1, -0.05) is 12.1 Å². The van der Waals surface area contributed by atoms with E-state index in [-0.39, 0.29) is 30.1 Å². The molecule has 2 heterocycles. The fraction of sp³-hybridized carbons (Fsp3) is 0.474. The first kappa shape index (κ1) is 21.5. The van der Waals surface area contributed by atoms with Crippen LogP contribution in [0.4, 0.5) is 0 Å². The molecule has 1 fully saturated rings. The highest BCUT2D eigenvalue weighted by Crippen LogP contribution is 2.23. The average molecular weight is 485 g/mol. The van der Waals surface area contributed by atoms with Crippen molar-refractivity contribution in [3.8, 4) is 5.75 Å². The van der Waals surface area contributed by atoms with Gasteiger partial charge in [0.25, 0.3) is 0 Å². The number of aromatic nitrogens is 2. The van der Waals surface area contributed by atoms with E-state index in [2.05, 4.69) is 45.8 Å². The van der Waals surface area contributed by atoms with Gasteiger partial charge in [0.05, 0.1) is 25.5 Å². The summed E-state index contributed by atoms with van der Waals surface area (Å²) in [6.07, 6.45) is 2.86. The van der Waals surface area contributed by atoms with Crippen LogP contribution in [0.2, 0.25) is 0 Å². The van der Waals surface area contributed by atoms with Crippen LogP contribution in [0.15, 0.2) is 35.5 Å². The third-order valence-electron chi connectivity index (χ3n) is 4.43. The summed E-state index contributed by atoms with van der Waals surface area (Å²) in [6.45, 7) is 4.80. The highest BCUT2D eigenvalue weighted by atomic mass is 127. The van der Waals surface area contributed by atoms with E-state index < -0.39 is 0 Å². The molecule has 8 heteroatoms. The summed E-state index contributed by atoms with van der Waals surface area (Å²) in [4.78, 5) is 4.29. The zero-order valence-electron chi connectivity index (χ0n) is 16.1. The number of nitrogens with one attached hydrogen (secondary N) is 2. The Balaban J connectivity index is 0.00000261. The molecule has 0 saturated carbocycles. The molecule has 27 heavy (non-hydrogen) atoms. The molecular formula is C19H28IN5O2. The predicted molar refractivity (Wildman–Crippen MR) is 117 cm³/mol. The first-order valence-corrected chi connectivity index (χ1v) is 8.91. The summed E-state index contributed by atoms with van der Waals surface area (Å²) in [6, 6.07) is 8.26. The van der Waals surface area contributed by atoms with E-state index in [1.165, 1.54) is 5.56 Å². The van der Waals surface area contributed by atoms with Crippen LogP contribution in [0.5, 0.6) is 5.75 Å². The Bertz CT molecular complexity index is 756. The molecule has 2 aromatic rings. The summed E-state index contributed by atoms with van der Waals surface area (Å²) in [5.74, 6) is 1.65. The van der Waals surface area contributed by atoms with E-state index in [1.54, 1.807) is 13.2 Å². The van der Waals surface area contributed by atoms with Crippen LogP contribution in [-0.4, -0.2) is 42.1 Å². The lowest BCUT2D eigenvalue weighted by Crippen LogP contribution is -2.36. The van der Waals surface area contributed by atoms with Gasteiger partial charge in [-0.25, -0.2) is 0 Å². The molecule has 1 atom stereocenters. The lowest BCUT2D eigenvalue weighted by atomic mass is 10.1. The smallest absolute Gasteiger partial charge is 0.191 e. The summed E-state index contributed by atoms with van der Waals surface area (Å²) in [7, 11) is 3.69. The molecule has 0 aliphatic carbocycles. The van der Waals surface area contributed by atoms with Gasteiger partial charge in [-0.15, -0.1) is 24.0 Å². The third-order valence-corrected chi connectivity index (χ3v) is 4.43. The lowest BCUT2D eigenvalue weighted by molar-refractivity contribution is 0.140. The Morgan fingerprint density at radius 2 is 2.15 bits per heavy atom. The Hall–Kier alpha value is -1.81. The molecule has 1 aliphatic heterocycles. The summed E-state index contributed by atoms with van der Waals surface area (Å²) in [5.41, 5.74) is 3.38. The van der Waals surface area contributed by atoms with Crippen LogP contribution in [0.1, 0.15) is 23.2 Å². The Morgan fingerprint density at radius 3 is 2.81 bits per heavy atom. The second-order valence-corrected chi connectivity index (χ2v) is 6.44. The number of halogens is 1. The van der Waals surface area contributed by atoms with Gasteiger partial charge in [0.1, 0.15) is 11.9 Å². The molecule has 1 aromatic carbocycles. The number of guanidine groups is 1. The molecule has 3 rings (SSSR count). The van der Waals surface area contributed by atoms with Gasteiger partial charge in [0.15, 0.2) is 5.96 Å². The standard InChI is InChI=1S/C19H27N5O2.HI/c1-14-4-5-15(18(10-14)26-17-7-9-25-13-17)11-21-19(20-2)22-12-16-6-8-23-24(16)3;/h4-6,8,10,17H,7,9,11-13H2,1-3H3,(H2,20,21,22);1H. The molecule has 1 unspecified atom stereocenters. The molecule has 7 nitrogen and oxygen atoms in total. The molecule has 0 amide bonds. The number of aliphatic imine (C=N–C) groups is 1. The van der Waals surface area contributed by atoms with Crippen LogP contribution in [-0.2, 0) is 24.9 Å². The van der Waals surface area contributed by atoms with E-state index >= 15 is 0 Å². The minimum Gasteiger partial charge on any atom is -0.488 e. The van der Waals surface area contributed by atoms with E-state index in [1.807, 2.05) is 17.8 Å². The number of hydrogen-bond acceptors (Lipinski definition) is 4. The van der Waals surface area contributed by atoms with Crippen LogP contribution in [0.3, 0.4) is 0 Å². The highest BCUT2D eigenvalue weighted by molar-refractivity contribution is 14.0. The number of hydrogen-bond donors (Lipinski definition) is 2. The van der Waals surface area contributed by atoms with Gasteiger partial charge in [-0.2, -0.15) is 5.10 Å². The van der Waals surface area contributed by atoms with Crippen molar-refractivity contribution in [3.05, 3.63) is 47.3 Å². The van der Waals surface area contributed by atoms with Gasteiger partial charge in [-0.05, 0) is 24.6 Å². The van der Waals surface area contributed by atoms with Gasteiger partial charge in [0, 0.05) is 38.8 Å². The molecule has 0 spiro atoms. The zero-order valence-corrected chi connectivity index (χ0v) is 18.4. The topological polar surface area (TPSA) is 72.7 Å². The van der Waals surface area contributed by atoms with Gasteiger partial charge < -0.3 is 20.1 Å². The van der Waals surface area contributed by atoms with Crippen molar-refractivity contribution in [2.45, 2.75) is 32.5 Å². The van der Waals surface area contributed by atoms with Crippen molar-refractivity contribution in [1.29, 1.82) is 0 Å². The molecule has 1 aromatic heterocycles. The normalized spacial score (nSPS) is 16.7. The maximum absolute atomic E-state index is 6.15. The van der Waals surface area contributed by atoms with Crippen LogP contribution in [0, 0.1) is 6.92 Å². The van der Waals surface area contributed by atoms with Crippen molar-refractivity contribution in [2.24, 2.45) is 12.0 Å². The van der Waals surface area contributed by atoms with Gasteiger partial charge in [-0.3, -0.25) is 9.67 Å². The molecule has 1 saturated heterocycles. The average Bonchev–Trinajstić information content (AvgIpc) is 3.28. The van der Waals surface area contributed by atoms with E-state index in [0.29, 0.717) is 19.7 Å². The second-order valence-electron chi connectivity index (χ2n) is 6.44. The molecule has 0 radical (unpaired) electrons. The Morgan fingerprint density at radius 1 is 1.33 bits per heavy atom. The van der Waals surface area contributed by atoms with E-state index in [0.717, 1.165) is 36.0 Å².